The van der Waals surface area contributed by atoms with Gasteiger partial charge in [0.2, 0.25) is 5.91 Å². The number of furan rings is 1. The van der Waals surface area contributed by atoms with Gasteiger partial charge < -0.3 is 14.8 Å². The van der Waals surface area contributed by atoms with E-state index in [-0.39, 0.29) is 12.3 Å². The monoisotopic (exact) mass is 261 g/mol. The number of nitrogens with one attached hydrogen (secondary N) is 1. The Balaban J connectivity index is 1.95. The van der Waals surface area contributed by atoms with E-state index < -0.39 is 11.9 Å². The van der Waals surface area contributed by atoms with Crippen LogP contribution >= 0.6 is 0 Å². The van der Waals surface area contributed by atoms with Crippen LogP contribution in [0, 0.1) is 5.92 Å². The number of carbonyl (C=O) groups is 2. The minimum absolute atomic E-state index is 0.0227. The third kappa shape index (κ3) is 3.13. The number of para-hydroxylation sites is 1. The van der Waals surface area contributed by atoms with Gasteiger partial charge in [0.25, 0.3) is 0 Å². The van der Waals surface area contributed by atoms with E-state index in [1.807, 2.05) is 24.3 Å². The molecule has 0 saturated heterocycles. The molecule has 2 aromatic rings. The molecule has 5 heteroatoms. The maximum Gasteiger partial charge on any atom is 0.306 e. The number of carbonyl (C=O) groups excluding carboxylic acids is 1. The lowest BCUT2D eigenvalue weighted by Gasteiger charge is -2.06. The summed E-state index contributed by atoms with van der Waals surface area (Å²) in [6.07, 6.45) is 1.58. The van der Waals surface area contributed by atoms with Crippen LogP contribution in [0.15, 0.2) is 34.9 Å². The summed E-state index contributed by atoms with van der Waals surface area (Å²) in [5, 5.41) is 12.4. The van der Waals surface area contributed by atoms with Crippen molar-refractivity contribution < 1.29 is 19.1 Å². The van der Waals surface area contributed by atoms with Crippen molar-refractivity contribution in [1.82, 2.24) is 5.32 Å². The average molecular weight is 261 g/mol. The largest absolute Gasteiger partial charge is 0.481 e. The number of hydrogen-bond acceptors (Lipinski definition) is 3. The lowest BCUT2D eigenvalue weighted by molar-refractivity contribution is -0.143. The number of benzene rings is 1. The molecule has 0 spiro atoms. The highest BCUT2D eigenvalue weighted by Crippen LogP contribution is 2.20. The van der Waals surface area contributed by atoms with Crippen LogP contribution in [0.5, 0.6) is 0 Å². The minimum Gasteiger partial charge on any atom is -0.481 e. The van der Waals surface area contributed by atoms with Crippen molar-refractivity contribution in [3.63, 3.8) is 0 Å². The normalized spacial score (nSPS) is 12.3. The van der Waals surface area contributed by atoms with Gasteiger partial charge in [0.1, 0.15) is 5.58 Å². The van der Waals surface area contributed by atoms with Crippen LogP contribution in [0.25, 0.3) is 11.0 Å². The maximum absolute atomic E-state index is 11.6. The molecule has 0 aliphatic rings. The van der Waals surface area contributed by atoms with Gasteiger partial charge in [-0.15, -0.1) is 0 Å². The molecule has 19 heavy (non-hydrogen) atoms. The number of amides is 1. The molecule has 1 aromatic heterocycles. The summed E-state index contributed by atoms with van der Waals surface area (Å²) in [6.45, 7) is 1.84. The molecule has 2 rings (SSSR count). The molecule has 2 N–H and O–H groups in total. The number of aliphatic carboxylic acids is 1. The van der Waals surface area contributed by atoms with E-state index in [2.05, 4.69) is 5.32 Å². The van der Waals surface area contributed by atoms with E-state index in [0.717, 1.165) is 16.5 Å². The molecule has 0 fully saturated rings. The van der Waals surface area contributed by atoms with Crippen molar-refractivity contribution in [2.45, 2.75) is 19.9 Å². The fourth-order valence-electron chi connectivity index (χ4n) is 1.80. The van der Waals surface area contributed by atoms with Gasteiger partial charge in [-0.2, -0.15) is 0 Å². The first-order valence-electron chi connectivity index (χ1n) is 6.02. The van der Waals surface area contributed by atoms with Crippen molar-refractivity contribution in [3.8, 4) is 0 Å². The predicted molar refractivity (Wildman–Crippen MR) is 69.5 cm³/mol. The zero-order valence-corrected chi connectivity index (χ0v) is 10.6. The van der Waals surface area contributed by atoms with Gasteiger partial charge >= 0.3 is 5.97 Å². The Labute approximate surface area is 110 Å². The van der Waals surface area contributed by atoms with E-state index >= 15 is 0 Å². The summed E-state index contributed by atoms with van der Waals surface area (Å²) in [4.78, 5) is 22.2. The summed E-state index contributed by atoms with van der Waals surface area (Å²) in [7, 11) is 0. The average Bonchev–Trinajstić information content (AvgIpc) is 2.79. The van der Waals surface area contributed by atoms with Crippen LogP contribution in [0.2, 0.25) is 0 Å². The zero-order valence-electron chi connectivity index (χ0n) is 10.6. The third-order valence-corrected chi connectivity index (χ3v) is 2.95. The Kier molecular flexibility index (Phi) is 3.85. The quantitative estimate of drug-likeness (QED) is 0.864. The Bertz CT molecular complexity index is 602. The lowest BCUT2D eigenvalue weighted by atomic mass is 10.1. The smallest absolute Gasteiger partial charge is 0.306 e. The predicted octanol–water partition coefficient (Wildman–Crippen LogP) is 2.16. The Morgan fingerprint density at radius 3 is 2.84 bits per heavy atom. The second kappa shape index (κ2) is 5.56. The molecule has 0 radical (unpaired) electrons. The van der Waals surface area contributed by atoms with Crippen molar-refractivity contribution >= 4 is 22.8 Å². The summed E-state index contributed by atoms with van der Waals surface area (Å²) < 4.78 is 5.36. The molecule has 1 unspecified atom stereocenters. The Morgan fingerprint density at radius 2 is 2.11 bits per heavy atom. The molecule has 100 valence electrons. The zero-order chi connectivity index (χ0) is 13.8. The van der Waals surface area contributed by atoms with E-state index in [4.69, 9.17) is 9.52 Å². The van der Waals surface area contributed by atoms with E-state index in [1.165, 1.54) is 6.92 Å². The second-order valence-electron chi connectivity index (χ2n) is 4.48. The summed E-state index contributed by atoms with van der Waals surface area (Å²) >= 11 is 0. The summed E-state index contributed by atoms with van der Waals surface area (Å²) in [5.41, 5.74) is 1.65. The molecule has 1 heterocycles. The highest BCUT2D eigenvalue weighted by molar-refractivity contribution is 5.83. The molecule has 1 atom stereocenters. The number of rotatable bonds is 5. The van der Waals surface area contributed by atoms with Gasteiger partial charge in [0, 0.05) is 23.9 Å². The molecule has 0 aliphatic heterocycles. The van der Waals surface area contributed by atoms with Gasteiger partial charge in [-0.05, 0) is 6.07 Å². The SMILES string of the molecule is CC(CC(=O)NCc1coc2ccccc12)C(=O)O. The molecule has 0 bridgehead atoms. The van der Waals surface area contributed by atoms with E-state index in [0.29, 0.717) is 6.54 Å². The van der Waals surface area contributed by atoms with Gasteiger partial charge in [0.15, 0.2) is 0 Å². The van der Waals surface area contributed by atoms with Crippen molar-refractivity contribution in [2.24, 2.45) is 5.92 Å². The molecule has 1 aromatic carbocycles. The standard InChI is InChI=1S/C14H15NO4/c1-9(14(17)18)6-13(16)15-7-10-8-19-12-5-3-2-4-11(10)12/h2-5,8-9H,6-7H2,1H3,(H,15,16)(H,17,18). The second-order valence-corrected chi connectivity index (χ2v) is 4.48. The molecule has 5 nitrogen and oxygen atoms in total. The van der Waals surface area contributed by atoms with Crippen molar-refractivity contribution in [1.29, 1.82) is 0 Å². The molecular weight excluding hydrogens is 246 g/mol. The Morgan fingerprint density at radius 1 is 1.37 bits per heavy atom. The van der Waals surface area contributed by atoms with Gasteiger partial charge in [-0.1, -0.05) is 25.1 Å². The Hall–Kier alpha value is -2.30. The van der Waals surface area contributed by atoms with Crippen LogP contribution in [-0.4, -0.2) is 17.0 Å². The molecule has 0 saturated carbocycles. The first-order chi connectivity index (χ1) is 9.08. The number of carboxylic acids is 1. The van der Waals surface area contributed by atoms with Gasteiger partial charge in [-0.25, -0.2) is 0 Å². The lowest BCUT2D eigenvalue weighted by Crippen LogP contribution is -2.26. The van der Waals surface area contributed by atoms with Gasteiger partial charge in [-0.3, -0.25) is 9.59 Å². The topological polar surface area (TPSA) is 79.5 Å². The molecule has 1 amide bonds. The maximum atomic E-state index is 11.6. The van der Waals surface area contributed by atoms with E-state index in [9.17, 15) is 9.59 Å². The number of hydrogen-bond donors (Lipinski definition) is 2. The third-order valence-electron chi connectivity index (χ3n) is 2.95. The van der Waals surface area contributed by atoms with Gasteiger partial charge in [0.05, 0.1) is 12.2 Å². The highest BCUT2D eigenvalue weighted by Gasteiger charge is 2.15. The summed E-state index contributed by atoms with van der Waals surface area (Å²) in [5.74, 6) is -1.93. The summed E-state index contributed by atoms with van der Waals surface area (Å²) in [6, 6.07) is 7.55. The van der Waals surface area contributed by atoms with Crippen LogP contribution in [0.1, 0.15) is 18.9 Å². The van der Waals surface area contributed by atoms with E-state index in [1.54, 1.807) is 6.26 Å². The minimum atomic E-state index is -0.969. The fraction of sp³-hybridized carbons (Fsp3) is 0.286. The molecule has 0 aliphatic carbocycles. The van der Waals surface area contributed by atoms with Crippen LogP contribution in [0.3, 0.4) is 0 Å². The van der Waals surface area contributed by atoms with Crippen molar-refractivity contribution in [2.75, 3.05) is 0 Å². The first kappa shape index (κ1) is 13.1. The number of carboxylic acid groups (broad SMARTS) is 1. The van der Waals surface area contributed by atoms with Crippen LogP contribution in [0.4, 0.5) is 0 Å². The van der Waals surface area contributed by atoms with Crippen LogP contribution in [-0.2, 0) is 16.1 Å². The number of fused-ring (bicyclic) bond motifs is 1. The van der Waals surface area contributed by atoms with Crippen molar-refractivity contribution in [3.05, 3.63) is 36.1 Å². The van der Waals surface area contributed by atoms with Crippen LogP contribution < -0.4 is 5.32 Å². The molecular formula is C14H15NO4. The first-order valence-corrected chi connectivity index (χ1v) is 6.02. The fourth-order valence-corrected chi connectivity index (χ4v) is 1.80. The highest BCUT2D eigenvalue weighted by atomic mass is 16.4.